The van der Waals surface area contributed by atoms with Crippen molar-refractivity contribution in [2.45, 2.75) is 69.4 Å². The average molecular weight is 488 g/mol. The van der Waals surface area contributed by atoms with Gasteiger partial charge in [0, 0.05) is 29.5 Å². The molecule has 1 N–H and O–H groups in total. The van der Waals surface area contributed by atoms with Crippen LogP contribution < -0.4 is 10.4 Å². The van der Waals surface area contributed by atoms with Crippen molar-refractivity contribution in [3.63, 3.8) is 0 Å². The van der Waals surface area contributed by atoms with Crippen LogP contribution in [-0.2, 0) is 17.6 Å². The fraction of sp³-hybridized carbons (Fsp3) is 0.467. The topological polar surface area (TPSA) is 80.0 Å². The van der Waals surface area contributed by atoms with Crippen molar-refractivity contribution in [2.24, 2.45) is 5.92 Å². The highest BCUT2D eigenvalue weighted by molar-refractivity contribution is 5.83. The van der Waals surface area contributed by atoms with E-state index in [1.807, 2.05) is 35.2 Å². The molecule has 0 unspecified atom stereocenters. The van der Waals surface area contributed by atoms with Crippen LogP contribution >= 0.6 is 0 Å². The molecule has 188 valence electrons. The summed E-state index contributed by atoms with van der Waals surface area (Å²) < 4.78 is 11.6. The second-order valence-corrected chi connectivity index (χ2v) is 10.6. The number of carbonyl (C=O) groups is 1. The summed E-state index contributed by atoms with van der Waals surface area (Å²) in [6, 6.07) is 15.4. The number of carbonyl (C=O) groups excluding carboxylic acids is 1. The van der Waals surface area contributed by atoms with Gasteiger partial charge in [0.2, 0.25) is 0 Å². The molecule has 1 saturated heterocycles. The molecule has 2 heterocycles. The van der Waals surface area contributed by atoms with Gasteiger partial charge in [0.05, 0.1) is 11.6 Å². The maximum atomic E-state index is 13.5. The number of aryl methyl sites for hydroxylation is 1. The predicted octanol–water partition coefficient (Wildman–Crippen LogP) is 4.95. The molecule has 3 aliphatic rings. The van der Waals surface area contributed by atoms with Gasteiger partial charge in [-0.25, -0.2) is 4.79 Å². The summed E-state index contributed by atoms with van der Waals surface area (Å²) >= 11 is 0. The van der Waals surface area contributed by atoms with Crippen LogP contribution in [0.4, 0.5) is 0 Å². The largest absolute Gasteiger partial charge is 0.484 e. The lowest BCUT2D eigenvalue weighted by Gasteiger charge is -2.52. The molecular weight excluding hydrogens is 454 g/mol. The number of hydrogen-bond donors (Lipinski definition) is 1. The summed E-state index contributed by atoms with van der Waals surface area (Å²) in [4.78, 5) is 27.9. The molecule has 3 aromatic rings. The van der Waals surface area contributed by atoms with E-state index in [4.69, 9.17) is 9.15 Å². The maximum absolute atomic E-state index is 13.5. The van der Waals surface area contributed by atoms with Crippen molar-refractivity contribution >= 4 is 16.9 Å². The highest BCUT2D eigenvalue weighted by Gasteiger charge is 2.50. The molecule has 2 fully saturated rings. The summed E-state index contributed by atoms with van der Waals surface area (Å²) in [5, 5.41) is 12.4. The fourth-order valence-corrected chi connectivity index (χ4v) is 6.77. The van der Waals surface area contributed by atoms with Crippen molar-refractivity contribution in [3.05, 3.63) is 75.6 Å². The average Bonchev–Trinajstić information content (AvgIpc) is 2.91. The van der Waals surface area contributed by atoms with Gasteiger partial charge in [0.25, 0.3) is 5.91 Å². The minimum absolute atomic E-state index is 0.0208. The highest BCUT2D eigenvalue weighted by atomic mass is 16.5. The number of aliphatic hydroxyl groups is 1. The normalized spacial score (nSPS) is 25.8. The van der Waals surface area contributed by atoms with Gasteiger partial charge in [-0.2, -0.15) is 0 Å². The molecule has 6 heteroatoms. The zero-order valence-electron chi connectivity index (χ0n) is 20.6. The van der Waals surface area contributed by atoms with Crippen LogP contribution in [0.2, 0.25) is 0 Å². The number of rotatable bonds is 4. The first-order chi connectivity index (χ1) is 17.5. The predicted molar refractivity (Wildman–Crippen MR) is 137 cm³/mol. The number of piperidine rings is 1. The third kappa shape index (κ3) is 4.11. The second-order valence-electron chi connectivity index (χ2n) is 10.6. The number of benzene rings is 2. The van der Waals surface area contributed by atoms with Crippen LogP contribution in [0.1, 0.15) is 67.7 Å². The molecule has 6 nitrogen and oxygen atoms in total. The summed E-state index contributed by atoms with van der Waals surface area (Å²) in [7, 11) is 0. The summed E-state index contributed by atoms with van der Waals surface area (Å²) in [5.74, 6) is 0.438. The van der Waals surface area contributed by atoms with Gasteiger partial charge in [0.1, 0.15) is 11.3 Å². The molecule has 3 atom stereocenters. The molecule has 1 saturated carbocycles. The molecular formula is C30H33NO5. The van der Waals surface area contributed by atoms with E-state index >= 15 is 0 Å². The Balaban J connectivity index is 1.23. The fourth-order valence-electron chi connectivity index (χ4n) is 6.77. The Morgan fingerprint density at radius 3 is 2.67 bits per heavy atom. The van der Waals surface area contributed by atoms with E-state index in [-0.39, 0.29) is 30.1 Å². The number of fused-ring (bicyclic) bond motifs is 4. The van der Waals surface area contributed by atoms with E-state index in [9.17, 15) is 14.7 Å². The Morgan fingerprint density at radius 1 is 1.03 bits per heavy atom. The zero-order valence-corrected chi connectivity index (χ0v) is 20.6. The van der Waals surface area contributed by atoms with Gasteiger partial charge in [-0.05, 0) is 68.2 Å². The first-order valence-electron chi connectivity index (χ1n) is 13.3. The first-order valence-corrected chi connectivity index (χ1v) is 13.3. The van der Waals surface area contributed by atoms with Gasteiger partial charge in [-0.3, -0.25) is 4.79 Å². The van der Waals surface area contributed by atoms with Crippen molar-refractivity contribution in [1.82, 2.24) is 4.90 Å². The van der Waals surface area contributed by atoms with Crippen molar-refractivity contribution < 1.29 is 19.1 Å². The molecule has 0 spiro atoms. The van der Waals surface area contributed by atoms with Crippen molar-refractivity contribution in [3.8, 4) is 5.75 Å². The van der Waals surface area contributed by atoms with E-state index in [2.05, 4.69) is 12.1 Å². The van der Waals surface area contributed by atoms with Crippen LogP contribution in [0, 0.1) is 5.92 Å². The molecule has 1 aromatic heterocycles. The second kappa shape index (κ2) is 9.40. The molecule has 6 rings (SSSR count). The summed E-state index contributed by atoms with van der Waals surface area (Å²) in [6.07, 6.45) is 8.17. The standard InChI is InChI=1S/C30H33NO5/c32-27(19-35-21-13-14-23-22-10-4-5-11-24(22)29(33)36-26(23)18-21)31-17-16-30(34)15-7-6-12-25(30)28(31)20-8-2-1-3-9-20/h1-3,8-9,13-14,18,25,28,34H,4-7,10-12,15-17,19H2/t25-,28-,30-/m0/s1. The smallest absolute Gasteiger partial charge is 0.339 e. The third-order valence-corrected chi connectivity index (χ3v) is 8.59. The van der Waals surface area contributed by atoms with E-state index in [0.29, 0.717) is 24.3 Å². The van der Waals surface area contributed by atoms with Crippen LogP contribution in [0.25, 0.3) is 11.0 Å². The van der Waals surface area contributed by atoms with E-state index in [1.54, 1.807) is 6.07 Å². The maximum Gasteiger partial charge on any atom is 0.339 e. The van der Waals surface area contributed by atoms with Crippen LogP contribution in [0.5, 0.6) is 5.75 Å². The van der Waals surface area contributed by atoms with Gasteiger partial charge < -0.3 is 19.2 Å². The van der Waals surface area contributed by atoms with Crippen LogP contribution in [0.3, 0.4) is 0 Å². The third-order valence-electron chi connectivity index (χ3n) is 8.59. The zero-order chi connectivity index (χ0) is 24.7. The lowest BCUT2D eigenvalue weighted by molar-refractivity contribution is -0.157. The Kier molecular flexibility index (Phi) is 6.08. The van der Waals surface area contributed by atoms with Crippen LogP contribution in [-0.4, -0.2) is 34.7 Å². The van der Waals surface area contributed by atoms with Gasteiger partial charge in [-0.1, -0.05) is 43.2 Å². The summed E-state index contributed by atoms with van der Waals surface area (Å²) in [5.41, 5.74) is 2.49. The van der Waals surface area contributed by atoms with Crippen molar-refractivity contribution in [2.75, 3.05) is 13.2 Å². The number of amides is 1. The SMILES string of the molecule is O=C(COc1ccc2c3c(c(=O)oc2c1)CCCC3)N1CC[C@@]2(O)CCCC[C@H]2[C@@H]1c1ccccc1. The number of ether oxygens (including phenoxy) is 1. The van der Waals surface area contributed by atoms with E-state index < -0.39 is 5.60 Å². The Morgan fingerprint density at radius 2 is 1.83 bits per heavy atom. The van der Waals surface area contributed by atoms with Gasteiger partial charge in [0.15, 0.2) is 6.61 Å². The first kappa shape index (κ1) is 23.3. The molecule has 36 heavy (non-hydrogen) atoms. The molecule has 2 aliphatic carbocycles. The molecule has 1 amide bonds. The quantitative estimate of drug-likeness (QED) is 0.527. The van der Waals surface area contributed by atoms with E-state index in [1.165, 1.54) is 0 Å². The number of hydrogen-bond acceptors (Lipinski definition) is 5. The molecule has 0 bridgehead atoms. The van der Waals surface area contributed by atoms with E-state index in [0.717, 1.165) is 73.4 Å². The lowest BCUT2D eigenvalue weighted by atomic mass is 9.66. The number of nitrogens with zero attached hydrogens (tertiary/aromatic N) is 1. The van der Waals surface area contributed by atoms with Gasteiger partial charge in [-0.15, -0.1) is 0 Å². The summed E-state index contributed by atoms with van der Waals surface area (Å²) in [6.45, 7) is 0.405. The Labute approximate surface area is 210 Å². The monoisotopic (exact) mass is 487 g/mol. The molecule has 2 aromatic carbocycles. The number of likely N-dealkylation sites (tertiary alicyclic amines) is 1. The van der Waals surface area contributed by atoms with Crippen LogP contribution in [0.15, 0.2) is 57.7 Å². The van der Waals surface area contributed by atoms with Crippen molar-refractivity contribution in [1.29, 1.82) is 0 Å². The Bertz CT molecular complexity index is 1330. The minimum Gasteiger partial charge on any atom is -0.484 e. The van der Waals surface area contributed by atoms with Gasteiger partial charge >= 0.3 is 5.63 Å². The lowest BCUT2D eigenvalue weighted by Crippen LogP contribution is -2.56. The highest BCUT2D eigenvalue weighted by Crippen LogP contribution is 2.49. The Hall–Kier alpha value is -3.12. The molecule has 1 aliphatic heterocycles. The minimum atomic E-state index is -0.717. The molecule has 0 radical (unpaired) electrons.